The van der Waals surface area contributed by atoms with E-state index in [1.807, 2.05) is 25.4 Å². The molecule has 1 aromatic heterocycles. The smallest absolute Gasteiger partial charge is 0.130 e. The second-order valence-electron chi connectivity index (χ2n) is 4.17. The van der Waals surface area contributed by atoms with Crippen LogP contribution < -0.4 is 5.32 Å². The molecule has 0 spiro atoms. The van der Waals surface area contributed by atoms with Crippen molar-refractivity contribution in [2.24, 2.45) is 0 Å². The molecule has 0 fully saturated rings. The van der Waals surface area contributed by atoms with Crippen LogP contribution in [0.3, 0.4) is 0 Å². The third-order valence-electron chi connectivity index (χ3n) is 2.78. The zero-order valence-electron chi connectivity index (χ0n) is 10.6. The number of nitrogens with one attached hydrogen (secondary N) is 1. The molecule has 0 radical (unpaired) electrons. The van der Waals surface area contributed by atoms with E-state index in [1.54, 1.807) is 0 Å². The molecule has 1 aromatic carbocycles. The Kier molecular flexibility index (Phi) is 4.44. The maximum atomic E-state index is 4.61. The Morgan fingerprint density at radius 3 is 2.89 bits per heavy atom. The predicted octanol–water partition coefficient (Wildman–Crippen LogP) is 2.98. The van der Waals surface area contributed by atoms with Crippen LogP contribution in [-0.4, -0.2) is 23.6 Å². The quantitative estimate of drug-likeness (QED) is 0.943. The van der Waals surface area contributed by atoms with Crippen molar-refractivity contribution in [1.82, 2.24) is 15.3 Å². The lowest BCUT2D eigenvalue weighted by atomic mass is 10.1. The number of benzene rings is 1. The molecule has 0 atom stereocenters. The normalized spacial score (nSPS) is 10.6. The lowest BCUT2D eigenvalue weighted by Crippen LogP contribution is -2.12. The summed E-state index contributed by atoms with van der Waals surface area (Å²) in [6.07, 6.45) is 2.67. The number of hydrogen-bond donors (Lipinski definition) is 1. The highest BCUT2D eigenvalue weighted by molar-refractivity contribution is 9.10. The monoisotopic (exact) mass is 305 g/mol. The summed E-state index contributed by atoms with van der Waals surface area (Å²) in [7, 11) is 1.93. The number of rotatable bonds is 4. The van der Waals surface area contributed by atoms with E-state index >= 15 is 0 Å². The zero-order chi connectivity index (χ0) is 13.0. The Morgan fingerprint density at radius 2 is 2.11 bits per heavy atom. The first-order chi connectivity index (χ1) is 8.70. The van der Waals surface area contributed by atoms with Gasteiger partial charge in [-0.2, -0.15) is 0 Å². The van der Waals surface area contributed by atoms with E-state index in [2.05, 4.69) is 50.3 Å². The van der Waals surface area contributed by atoms with Crippen molar-refractivity contribution in [2.75, 3.05) is 13.6 Å². The van der Waals surface area contributed by atoms with Gasteiger partial charge in [0.15, 0.2) is 0 Å². The molecular weight excluding hydrogens is 290 g/mol. The van der Waals surface area contributed by atoms with Crippen molar-refractivity contribution in [3.63, 3.8) is 0 Å². The van der Waals surface area contributed by atoms with Crippen molar-refractivity contribution >= 4 is 15.9 Å². The molecule has 0 saturated carbocycles. The van der Waals surface area contributed by atoms with E-state index in [4.69, 9.17) is 0 Å². The number of likely N-dealkylation sites (N-methyl/N-ethyl adjacent to an activating group) is 1. The Balaban J connectivity index is 2.35. The molecule has 0 amide bonds. The summed E-state index contributed by atoms with van der Waals surface area (Å²) in [6.45, 7) is 2.98. The second-order valence-corrected chi connectivity index (χ2v) is 5.09. The van der Waals surface area contributed by atoms with Crippen LogP contribution in [0.2, 0.25) is 0 Å². The Morgan fingerprint density at radius 1 is 1.28 bits per heavy atom. The van der Waals surface area contributed by atoms with E-state index in [1.165, 1.54) is 5.56 Å². The Bertz CT molecular complexity index is 540. The van der Waals surface area contributed by atoms with Gasteiger partial charge in [-0.1, -0.05) is 22.0 Å². The SMILES string of the molecule is CNCCc1nccc(-c2cc(Br)ccc2C)n1. The maximum Gasteiger partial charge on any atom is 0.130 e. The summed E-state index contributed by atoms with van der Waals surface area (Å²) in [5.41, 5.74) is 3.35. The summed E-state index contributed by atoms with van der Waals surface area (Å²) in [6, 6.07) is 8.19. The fourth-order valence-electron chi connectivity index (χ4n) is 1.78. The molecule has 0 aliphatic rings. The van der Waals surface area contributed by atoms with Crippen LogP contribution in [0.4, 0.5) is 0 Å². The molecule has 94 valence electrons. The van der Waals surface area contributed by atoms with Crippen LogP contribution in [0, 0.1) is 6.92 Å². The van der Waals surface area contributed by atoms with E-state index in [9.17, 15) is 0 Å². The van der Waals surface area contributed by atoms with Crippen molar-refractivity contribution in [3.8, 4) is 11.3 Å². The Labute approximate surface area is 116 Å². The van der Waals surface area contributed by atoms with Crippen LogP contribution >= 0.6 is 15.9 Å². The third-order valence-corrected chi connectivity index (χ3v) is 3.27. The number of hydrogen-bond acceptors (Lipinski definition) is 3. The average molecular weight is 306 g/mol. The topological polar surface area (TPSA) is 37.8 Å². The lowest BCUT2D eigenvalue weighted by Gasteiger charge is -2.07. The van der Waals surface area contributed by atoms with Gasteiger partial charge >= 0.3 is 0 Å². The molecule has 18 heavy (non-hydrogen) atoms. The molecule has 0 saturated heterocycles. The van der Waals surface area contributed by atoms with Crippen molar-refractivity contribution in [1.29, 1.82) is 0 Å². The van der Waals surface area contributed by atoms with Gasteiger partial charge in [0.25, 0.3) is 0 Å². The van der Waals surface area contributed by atoms with Gasteiger partial charge in [-0.05, 0) is 37.7 Å². The summed E-state index contributed by atoms with van der Waals surface area (Å²) in [5.74, 6) is 0.876. The molecule has 3 nitrogen and oxygen atoms in total. The Hall–Kier alpha value is -1.26. The highest BCUT2D eigenvalue weighted by atomic mass is 79.9. The minimum absolute atomic E-state index is 0.845. The highest BCUT2D eigenvalue weighted by Crippen LogP contribution is 2.25. The average Bonchev–Trinajstić information content (AvgIpc) is 2.39. The van der Waals surface area contributed by atoms with Gasteiger partial charge in [0.05, 0.1) is 5.69 Å². The predicted molar refractivity (Wildman–Crippen MR) is 77.5 cm³/mol. The maximum absolute atomic E-state index is 4.61. The standard InChI is InChI=1S/C14H16BrN3/c1-10-3-4-11(15)9-12(10)13-5-8-17-14(18-13)6-7-16-2/h3-5,8-9,16H,6-7H2,1-2H3. The molecule has 0 bridgehead atoms. The fourth-order valence-corrected chi connectivity index (χ4v) is 2.14. The summed E-state index contributed by atoms with van der Waals surface area (Å²) < 4.78 is 1.07. The first kappa shape index (κ1) is 13.2. The minimum atomic E-state index is 0.845. The molecule has 0 aliphatic heterocycles. The number of aryl methyl sites for hydroxylation is 1. The molecule has 2 rings (SSSR count). The lowest BCUT2D eigenvalue weighted by molar-refractivity contribution is 0.756. The van der Waals surface area contributed by atoms with Crippen LogP contribution in [0.5, 0.6) is 0 Å². The van der Waals surface area contributed by atoms with Gasteiger partial charge in [-0.3, -0.25) is 0 Å². The minimum Gasteiger partial charge on any atom is -0.319 e. The van der Waals surface area contributed by atoms with Crippen LogP contribution in [0.25, 0.3) is 11.3 Å². The first-order valence-electron chi connectivity index (χ1n) is 5.94. The molecule has 2 aromatic rings. The first-order valence-corrected chi connectivity index (χ1v) is 6.73. The summed E-state index contributed by atoms with van der Waals surface area (Å²) >= 11 is 3.50. The molecule has 0 aliphatic carbocycles. The van der Waals surface area contributed by atoms with Gasteiger partial charge in [0.2, 0.25) is 0 Å². The van der Waals surface area contributed by atoms with E-state index in [0.29, 0.717) is 0 Å². The molecule has 0 unspecified atom stereocenters. The van der Waals surface area contributed by atoms with Gasteiger partial charge in [0, 0.05) is 29.2 Å². The van der Waals surface area contributed by atoms with Gasteiger partial charge in [-0.15, -0.1) is 0 Å². The fraction of sp³-hybridized carbons (Fsp3) is 0.286. The number of aromatic nitrogens is 2. The molecular formula is C14H16BrN3. The number of halogens is 1. The third kappa shape index (κ3) is 3.15. The van der Waals surface area contributed by atoms with E-state index in [0.717, 1.165) is 34.5 Å². The highest BCUT2D eigenvalue weighted by Gasteiger charge is 2.05. The van der Waals surface area contributed by atoms with E-state index < -0.39 is 0 Å². The molecule has 1 N–H and O–H groups in total. The summed E-state index contributed by atoms with van der Waals surface area (Å²) in [4.78, 5) is 8.90. The van der Waals surface area contributed by atoms with Crippen molar-refractivity contribution < 1.29 is 0 Å². The summed E-state index contributed by atoms with van der Waals surface area (Å²) in [5, 5.41) is 3.11. The van der Waals surface area contributed by atoms with Crippen LogP contribution in [0.15, 0.2) is 34.9 Å². The van der Waals surface area contributed by atoms with Gasteiger partial charge < -0.3 is 5.32 Å². The largest absolute Gasteiger partial charge is 0.319 e. The molecule has 1 heterocycles. The second kappa shape index (κ2) is 6.07. The van der Waals surface area contributed by atoms with Crippen LogP contribution in [-0.2, 0) is 6.42 Å². The van der Waals surface area contributed by atoms with Gasteiger partial charge in [-0.25, -0.2) is 9.97 Å². The number of nitrogens with zero attached hydrogens (tertiary/aromatic N) is 2. The van der Waals surface area contributed by atoms with Crippen molar-refractivity contribution in [3.05, 3.63) is 46.3 Å². The van der Waals surface area contributed by atoms with E-state index in [-0.39, 0.29) is 0 Å². The zero-order valence-corrected chi connectivity index (χ0v) is 12.2. The van der Waals surface area contributed by atoms with Crippen LogP contribution in [0.1, 0.15) is 11.4 Å². The van der Waals surface area contributed by atoms with Gasteiger partial charge in [0.1, 0.15) is 5.82 Å². The molecule has 4 heteroatoms. The van der Waals surface area contributed by atoms with Crippen molar-refractivity contribution in [2.45, 2.75) is 13.3 Å².